The van der Waals surface area contributed by atoms with Crippen molar-refractivity contribution in [3.63, 3.8) is 0 Å². The lowest BCUT2D eigenvalue weighted by molar-refractivity contribution is 0.355. The van der Waals surface area contributed by atoms with Gasteiger partial charge in [0.1, 0.15) is 11.2 Å². The summed E-state index contributed by atoms with van der Waals surface area (Å²) in [6.07, 6.45) is 5.99. The van der Waals surface area contributed by atoms with Crippen molar-refractivity contribution in [1.82, 2.24) is 19.6 Å². The molecule has 4 heterocycles. The summed E-state index contributed by atoms with van der Waals surface area (Å²) in [6.45, 7) is 11.2. The quantitative estimate of drug-likeness (QED) is 0.503. The van der Waals surface area contributed by atoms with E-state index in [9.17, 15) is 0 Å². The SMILES string of the molecule is Cc1c(-c2[nH]c3sc(C4CC(N)C4)c(C)c3c2C(C)C)cn2ncnc2c1C. The van der Waals surface area contributed by atoms with Gasteiger partial charge in [-0.1, -0.05) is 13.8 Å². The Hall–Kier alpha value is -2.18. The van der Waals surface area contributed by atoms with E-state index in [0.717, 1.165) is 18.5 Å². The van der Waals surface area contributed by atoms with Gasteiger partial charge in [-0.05, 0) is 67.7 Å². The highest BCUT2D eigenvalue weighted by molar-refractivity contribution is 7.19. The maximum Gasteiger partial charge on any atom is 0.158 e. The third-order valence-corrected chi connectivity index (χ3v) is 7.85. The Kier molecular flexibility index (Phi) is 3.93. The fourth-order valence-electron chi connectivity index (χ4n) is 4.76. The summed E-state index contributed by atoms with van der Waals surface area (Å²) < 4.78 is 1.89. The number of hydrogen-bond acceptors (Lipinski definition) is 4. The van der Waals surface area contributed by atoms with E-state index < -0.39 is 0 Å². The van der Waals surface area contributed by atoms with Crippen molar-refractivity contribution in [2.45, 2.75) is 65.3 Å². The summed E-state index contributed by atoms with van der Waals surface area (Å²) in [5.74, 6) is 1.07. The van der Waals surface area contributed by atoms with Gasteiger partial charge in [-0.15, -0.1) is 11.3 Å². The number of hydrogen-bond donors (Lipinski definition) is 2. The lowest BCUT2D eigenvalue weighted by Crippen LogP contribution is -2.34. The molecule has 0 aliphatic heterocycles. The van der Waals surface area contributed by atoms with Crippen LogP contribution in [0.2, 0.25) is 0 Å². The second-order valence-corrected chi connectivity index (χ2v) is 9.67. The Morgan fingerprint density at radius 1 is 1.18 bits per heavy atom. The van der Waals surface area contributed by atoms with Gasteiger partial charge in [-0.2, -0.15) is 5.10 Å². The van der Waals surface area contributed by atoms with Crippen LogP contribution in [0, 0.1) is 20.8 Å². The van der Waals surface area contributed by atoms with Gasteiger partial charge in [0, 0.05) is 28.1 Å². The first kappa shape index (κ1) is 17.9. The van der Waals surface area contributed by atoms with Crippen LogP contribution in [0.3, 0.4) is 0 Å². The predicted molar refractivity (Wildman–Crippen MR) is 116 cm³/mol. The number of thiophene rings is 1. The summed E-state index contributed by atoms with van der Waals surface area (Å²) in [5.41, 5.74) is 14.7. The number of pyridine rings is 1. The van der Waals surface area contributed by atoms with E-state index in [-0.39, 0.29) is 0 Å². The third kappa shape index (κ3) is 2.40. The summed E-state index contributed by atoms with van der Waals surface area (Å²) in [6, 6.07) is 0.380. The van der Waals surface area contributed by atoms with Crippen LogP contribution in [0.15, 0.2) is 12.5 Å². The zero-order valence-corrected chi connectivity index (χ0v) is 17.9. The molecule has 5 nitrogen and oxygen atoms in total. The van der Waals surface area contributed by atoms with E-state index in [1.165, 1.54) is 48.6 Å². The van der Waals surface area contributed by atoms with Crippen LogP contribution in [0.5, 0.6) is 0 Å². The smallest absolute Gasteiger partial charge is 0.158 e. The highest BCUT2D eigenvalue weighted by Gasteiger charge is 2.32. The molecule has 28 heavy (non-hydrogen) atoms. The molecule has 0 saturated heterocycles. The molecule has 4 aromatic rings. The fraction of sp³-hybridized carbons (Fsp3) is 0.455. The van der Waals surface area contributed by atoms with Crippen molar-refractivity contribution in [2.24, 2.45) is 5.73 Å². The number of H-pyrrole nitrogens is 1. The van der Waals surface area contributed by atoms with Crippen molar-refractivity contribution >= 4 is 27.2 Å². The van der Waals surface area contributed by atoms with Gasteiger partial charge in [0.2, 0.25) is 0 Å². The molecule has 3 N–H and O–H groups in total. The van der Waals surface area contributed by atoms with E-state index in [2.05, 4.69) is 55.9 Å². The Morgan fingerprint density at radius 3 is 2.61 bits per heavy atom. The molecule has 1 aliphatic rings. The lowest BCUT2D eigenvalue weighted by Gasteiger charge is -2.32. The number of fused-ring (bicyclic) bond motifs is 2. The zero-order valence-electron chi connectivity index (χ0n) is 17.1. The van der Waals surface area contributed by atoms with Crippen molar-refractivity contribution in [3.8, 4) is 11.3 Å². The van der Waals surface area contributed by atoms with Crippen LogP contribution in [-0.4, -0.2) is 25.6 Å². The van der Waals surface area contributed by atoms with E-state index >= 15 is 0 Å². The van der Waals surface area contributed by atoms with E-state index in [1.54, 1.807) is 6.33 Å². The molecule has 4 aromatic heterocycles. The second kappa shape index (κ2) is 6.16. The van der Waals surface area contributed by atoms with Gasteiger partial charge in [-0.25, -0.2) is 9.50 Å². The third-order valence-electron chi connectivity index (χ3n) is 6.48. The minimum Gasteiger partial charge on any atom is -0.346 e. The maximum atomic E-state index is 6.05. The van der Waals surface area contributed by atoms with E-state index in [1.807, 2.05) is 15.9 Å². The van der Waals surface area contributed by atoms with Gasteiger partial charge in [-0.3, -0.25) is 0 Å². The summed E-state index contributed by atoms with van der Waals surface area (Å²) in [5, 5.41) is 5.80. The molecule has 6 heteroatoms. The first-order chi connectivity index (χ1) is 13.4. The fourth-order valence-corrected chi connectivity index (χ4v) is 6.11. The molecule has 146 valence electrons. The van der Waals surface area contributed by atoms with Crippen LogP contribution in [-0.2, 0) is 0 Å². The molecule has 0 amide bonds. The zero-order chi connectivity index (χ0) is 19.7. The minimum atomic E-state index is 0.380. The van der Waals surface area contributed by atoms with Crippen LogP contribution >= 0.6 is 11.3 Å². The minimum absolute atomic E-state index is 0.380. The molecule has 5 rings (SSSR count). The van der Waals surface area contributed by atoms with Gasteiger partial charge in [0.25, 0.3) is 0 Å². The summed E-state index contributed by atoms with van der Waals surface area (Å²) >= 11 is 1.93. The first-order valence-electron chi connectivity index (χ1n) is 10.1. The van der Waals surface area contributed by atoms with E-state index in [4.69, 9.17) is 5.73 Å². The number of aromatic nitrogens is 4. The van der Waals surface area contributed by atoms with Gasteiger partial charge in [0.15, 0.2) is 5.65 Å². The van der Waals surface area contributed by atoms with Crippen molar-refractivity contribution in [2.75, 3.05) is 0 Å². The standard InChI is InChI=1S/C22H27N5S/c1-10(2)17-18-13(5)20(14-6-15(23)7-14)28-22(18)26-19(17)16-8-27-21(24-9-25-27)12(4)11(16)3/h8-10,14-15,26H,6-7,23H2,1-5H3. The first-order valence-corrected chi connectivity index (χ1v) is 10.9. The normalized spacial score (nSPS) is 19.8. The Morgan fingerprint density at radius 2 is 1.93 bits per heavy atom. The number of rotatable bonds is 3. The van der Waals surface area contributed by atoms with Crippen molar-refractivity contribution < 1.29 is 0 Å². The number of aryl methyl sites for hydroxylation is 2. The molecular weight excluding hydrogens is 366 g/mol. The van der Waals surface area contributed by atoms with Gasteiger partial charge in [0.05, 0.1) is 5.69 Å². The molecule has 0 radical (unpaired) electrons. The molecule has 1 fully saturated rings. The molecule has 0 atom stereocenters. The summed E-state index contributed by atoms with van der Waals surface area (Å²) in [4.78, 5) is 11.0. The second-order valence-electron chi connectivity index (χ2n) is 8.61. The lowest BCUT2D eigenvalue weighted by atomic mass is 9.78. The number of aromatic amines is 1. The van der Waals surface area contributed by atoms with Gasteiger partial charge >= 0.3 is 0 Å². The number of nitrogens with one attached hydrogen (secondary N) is 1. The van der Waals surface area contributed by atoms with E-state index in [0.29, 0.717) is 17.9 Å². The van der Waals surface area contributed by atoms with Crippen molar-refractivity contribution in [3.05, 3.63) is 39.7 Å². The molecule has 1 saturated carbocycles. The van der Waals surface area contributed by atoms with Crippen LogP contribution < -0.4 is 5.73 Å². The van der Waals surface area contributed by atoms with Crippen LogP contribution in [0.1, 0.15) is 65.7 Å². The molecule has 0 aromatic carbocycles. The molecule has 0 bridgehead atoms. The number of nitrogens with two attached hydrogens (primary N) is 1. The average Bonchev–Trinajstić information content (AvgIpc) is 3.30. The molecule has 1 aliphatic carbocycles. The highest BCUT2D eigenvalue weighted by atomic mass is 32.1. The van der Waals surface area contributed by atoms with Crippen LogP contribution in [0.25, 0.3) is 27.1 Å². The Labute approximate surface area is 169 Å². The maximum absolute atomic E-state index is 6.05. The van der Waals surface area contributed by atoms with Gasteiger partial charge < -0.3 is 10.7 Å². The molecular formula is C22H27N5S. The summed E-state index contributed by atoms with van der Waals surface area (Å²) in [7, 11) is 0. The topological polar surface area (TPSA) is 72.0 Å². The predicted octanol–water partition coefficient (Wildman–Crippen LogP) is 5.19. The Balaban J connectivity index is 1.74. The average molecular weight is 394 g/mol. The molecule has 0 spiro atoms. The molecule has 0 unspecified atom stereocenters. The van der Waals surface area contributed by atoms with Crippen molar-refractivity contribution in [1.29, 1.82) is 0 Å². The largest absolute Gasteiger partial charge is 0.346 e. The monoisotopic (exact) mass is 393 g/mol. The highest BCUT2D eigenvalue weighted by Crippen LogP contribution is 2.48. The number of nitrogens with zero attached hydrogens (tertiary/aromatic N) is 3. The van der Waals surface area contributed by atoms with Crippen LogP contribution in [0.4, 0.5) is 0 Å². The Bertz CT molecular complexity index is 1200.